The molecular weight excluding hydrogens is 478 g/mol. The summed E-state index contributed by atoms with van der Waals surface area (Å²) in [6.45, 7) is 15.0. The van der Waals surface area contributed by atoms with Crippen molar-refractivity contribution >= 4 is 17.6 Å². The van der Waals surface area contributed by atoms with E-state index in [9.17, 15) is 4.79 Å². The number of aliphatic imine (C=N–C) groups is 1. The SMILES string of the molecule is CCOCC[NH+]=C(Cc1ccc(C)cc1)N=C(N)CCCc1ccc(OC(C)(C)C(=O)OC(C)(C)C)cc1. The van der Waals surface area contributed by atoms with E-state index in [1.54, 1.807) is 13.8 Å². The Balaban J connectivity index is 1.92. The van der Waals surface area contributed by atoms with Crippen LogP contribution in [0.2, 0.25) is 0 Å². The molecule has 0 aromatic heterocycles. The van der Waals surface area contributed by atoms with Crippen molar-refractivity contribution in [2.45, 2.75) is 85.4 Å². The standard InChI is InChI=1S/C31H45N3O4/c1-8-36-21-20-33-28(22-25-14-12-23(2)13-15-25)34-27(32)11-9-10-24-16-18-26(19-17-24)37-31(6,7)29(35)38-30(3,4)5/h12-19H,8-11,20-22H2,1-7H3,(H2,32,33,34)/p+1. The monoisotopic (exact) mass is 524 g/mol. The predicted octanol–water partition coefficient (Wildman–Crippen LogP) is 3.93. The van der Waals surface area contributed by atoms with Crippen molar-refractivity contribution in [3.8, 4) is 5.75 Å². The second-order valence-electron chi connectivity index (χ2n) is 10.9. The van der Waals surface area contributed by atoms with Gasteiger partial charge in [-0.25, -0.2) is 4.79 Å². The molecular formula is C31H46N3O4+. The predicted molar refractivity (Wildman–Crippen MR) is 154 cm³/mol. The van der Waals surface area contributed by atoms with Crippen molar-refractivity contribution in [2.75, 3.05) is 19.8 Å². The highest BCUT2D eigenvalue weighted by molar-refractivity contribution is 5.94. The Morgan fingerprint density at radius 2 is 1.61 bits per heavy atom. The smallest absolute Gasteiger partial charge is 0.350 e. The lowest BCUT2D eigenvalue weighted by molar-refractivity contribution is -0.463. The fourth-order valence-corrected chi connectivity index (χ4v) is 3.62. The zero-order valence-corrected chi connectivity index (χ0v) is 24.2. The maximum Gasteiger partial charge on any atom is 0.350 e. The molecule has 2 aromatic rings. The lowest BCUT2D eigenvalue weighted by atomic mass is 10.1. The Bertz CT molecular complexity index is 1070. The van der Waals surface area contributed by atoms with Gasteiger partial charge < -0.3 is 19.9 Å². The molecule has 2 rings (SSSR count). The van der Waals surface area contributed by atoms with Gasteiger partial charge in [0.2, 0.25) is 5.84 Å². The van der Waals surface area contributed by atoms with Gasteiger partial charge in [0.05, 0.1) is 13.0 Å². The van der Waals surface area contributed by atoms with Crippen LogP contribution in [0.5, 0.6) is 5.75 Å². The third kappa shape index (κ3) is 11.9. The van der Waals surface area contributed by atoms with E-state index in [0.717, 1.165) is 18.7 Å². The molecule has 0 aliphatic rings. The molecule has 3 N–H and O–H groups in total. The van der Waals surface area contributed by atoms with E-state index in [4.69, 9.17) is 24.9 Å². The maximum absolute atomic E-state index is 12.5. The number of ether oxygens (including phenoxy) is 3. The summed E-state index contributed by atoms with van der Waals surface area (Å²) in [4.78, 5) is 20.5. The quantitative estimate of drug-likeness (QED) is 0.179. The lowest BCUT2D eigenvalue weighted by Crippen LogP contribution is -2.74. The van der Waals surface area contributed by atoms with Gasteiger partial charge in [0.1, 0.15) is 17.9 Å². The summed E-state index contributed by atoms with van der Waals surface area (Å²) < 4.78 is 16.8. The third-order valence-corrected chi connectivity index (χ3v) is 5.64. The van der Waals surface area contributed by atoms with Crippen LogP contribution in [0.3, 0.4) is 0 Å². The normalized spacial score (nSPS) is 12.9. The Kier molecular flexibility index (Phi) is 12.0. The van der Waals surface area contributed by atoms with Crippen molar-refractivity contribution in [1.82, 2.24) is 0 Å². The number of benzene rings is 2. The minimum Gasteiger partial charge on any atom is -0.476 e. The van der Waals surface area contributed by atoms with Gasteiger partial charge in [0.25, 0.3) is 5.84 Å². The molecule has 208 valence electrons. The molecule has 0 saturated heterocycles. The fraction of sp³-hybridized carbons (Fsp3) is 0.516. The zero-order valence-electron chi connectivity index (χ0n) is 24.2. The Labute approximate surface area is 228 Å². The zero-order chi connectivity index (χ0) is 28.2. The molecule has 38 heavy (non-hydrogen) atoms. The molecule has 0 saturated carbocycles. The molecule has 7 heteroatoms. The second-order valence-corrected chi connectivity index (χ2v) is 10.9. The topological polar surface area (TPSA) is 97.1 Å². The average Bonchev–Trinajstić information content (AvgIpc) is 2.83. The van der Waals surface area contributed by atoms with Crippen LogP contribution >= 0.6 is 0 Å². The van der Waals surface area contributed by atoms with Gasteiger partial charge in [-0.15, -0.1) is 0 Å². The van der Waals surface area contributed by atoms with Gasteiger partial charge in [0, 0.05) is 13.0 Å². The van der Waals surface area contributed by atoms with E-state index in [2.05, 4.69) is 36.2 Å². The second kappa shape index (κ2) is 14.7. The highest BCUT2D eigenvalue weighted by Crippen LogP contribution is 2.23. The molecule has 0 unspecified atom stereocenters. The molecule has 0 radical (unpaired) electrons. The number of hydrogen-bond acceptors (Lipinski definition) is 4. The van der Waals surface area contributed by atoms with E-state index in [0.29, 0.717) is 44.2 Å². The van der Waals surface area contributed by atoms with Crippen LogP contribution in [-0.2, 0) is 27.1 Å². The van der Waals surface area contributed by atoms with Crippen LogP contribution in [0, 0.1) is 6.92 Å². The third-order valence-electron chi connectivity index (χ3n) is 5.64. The largest absolute Gasteiger partial charge is 0.476 e. The van der Waals surface area contributed by atoms with Crippen LogP contribution in [0.15, 0.2) is 53.5 Å². The van der Waals surface area contributed by atoms with Crippen molar-refractivity contribution in [3.63, 3.8) is 0 Å². The molecule has 0 bridgehead atoms. The summed E-state index contributed by atoms with van der Waals surface area (Å²) in [7, 11) is 0. The molecule has 0 atom stereocenters. The van der Waals surface area contributed by atoms with Gasteiger partial charge in [-0.3, -0.25) is 4.99 Å². The van der Waals surface area contributed by atoms with Crippen LogP contribution in [0.25, 0.3) is 0 Å². The minimum absolute atomic E-state index is 0.394. The molecule has 7 nitrogen and oxygen atoms in total. The van der Waals surface area contributed by atoms with Crippen LogP contribution in [0.1, 0.15) is 71.1 Å². The van der Waals surface area contributed by atoms with E-state index in [1.807, 2.05) is 52.0 Å². The summed E-state index contributed by atoms with van der Waals surface area (Å²) in [5.41, 5.74) is 8.24. The lowest BCUT2D eigenvalue weighted by Gasteiger charge is -2.29. The Morgan fingerprint density at radius 1 is 0.974 bits per heavy atom. The van der Waals surface area contributed by atoms with Gasteiger partial charge in [-0.2, -0.15) is 0 Å². The van der Waals surface area contributed by atoms with E-state index in [-0.39, 0.29) is 0 Å². The Morgan fingerprint density at radius 3 is 2.21 bits per heavy atom. The van der Waals surface area contributed by atoms with Crippen molar-refractivity contribution in [2.24, 2.45) is 10.7 Å². The molecule has 0 amide bonds. The number of aryl methyl sites for hydroxylation is 2. The molecule has 0 heterocycles. The molecule has 0 aliphatic carbocycles. The maximum atomic E-state index is 12.5. The first-order chi connectivity index (χ1) is 17.9. The average molecular weight is 525 g/mol. The summed E-state index contributed by atoms with van der Waals surface area (Å²) in [5.74, 6) is 1.68. The number of nitrogens with one attached hydrogen (secondary N) is 1. The number of nitrogens with two attached hydrogens (primary N) is 1. The molecule has 0 aliphatic heterocycles. The summed E-state index contributed by atoms with van der Waals surface area (Å²) in [6.07, 6.45) is 3.11. The van der Waals surface area contributed by atoms with Gasteiger partial charge in [0.15, 0.2) is 5.60 Å². The number of carbonyl (C=O) groups excluding carboxylic acids is 1. The summed E-state index contributed by atoms with van der Waals surface area (Å²) >= 11 is 0. The minimum atomic E-state index is -1.08. The number of hydrogen-bond donors (Lipinski definition) is 2. The van der Waals surface area contributed by atoms with E-state index < -0.39 is 17.2 Å². The Hall–Kier alpha value is -3.19. The molecule has 2 aromatic carbocycles. The number of amidine groups is 2. The first kappa shape index (κ1) is 31.0. The first-order valence-corrected chi connectivity index (χ1v) is 13.5. The number of nitrogens with zero attached hydrogens (tertiary/aromatic N) is 1. The number of carbonyl (C=O) groups is 1. The van der Waals surface area contributed by atoms with E-state index in [1.165, 1.54) is 16.7 Å². The van der Waals surface area contributed by atoms with E-state index >= 15 is 0 Å². The van der Waals surface area contributed by atoms with Crippen LogP contribution in [-0.4, -0.2) is 48.6 Å². The highest BCUT2D eigenvalue weighted by Gasteiger charge is 2.34. The van der Waals surface area contributed by atoms with Gasteiger partial charge in [-0.05, 0) is 89.6 Å². The van der Waals surface area contributed by atoms with Gasteiger partial charge >= 0.3 is 5.97 Å². The first-order valence-electron chi connectivity index (χ1n) is 13.5. The van der Waals surface area contributed by atoms with Crippen LogP contribution < -0.4 is 15.5 Å². The summed E-state index contributed by atoms with van der Waals surface area (Å²) in [5, 5.41) is 0. The van der Waals surface area contributed by atoms with Crippen LogP contribution in [0.4, 0.5) is 0 Å². The van der Waals surface area contributed by atoms with Gasteiger partial charge in [-0.1, -0.05) is 42.0 Å². The fourth-order valence-electron chi connectivity index (χ4n) is 3.62. The molecule has 0 fully saturated rings. The van der Waals surface area contributed by atoms with Crippen molar-refractivity contribution < 1.29 is 24.0 Å². The van der Waals surface area contributed by atoms with Crippen molar-refractivity contribution in [3.05, 3.63) is 65.2 Å². The number of esters is 1. The molecule has 0 spiro atoms. The highest BCUT2D eigenvalue weighted by atomic mass is 16.6. The van der Waals surface area contributed by atoms with Crippen molar-refractivity contribution in [1.29, 1.82) is 0 Å². The summed E-state index contributed by atoms with van der Waals surface area (Å²) in [6, 6.07) is 16.2. The number of rotatable bonds is 13.